The van der Waals surface area contributed by atoms with E-state index in [0.717, 1.165) is 26.8 Å². The summed E-state index contributed by atoms with van der Waals surface area (Å²) in [5.41, 5.74) is 2.97. The number of hydrogen-bond donors (Lipinski definition) is 1. The van der Waals surface area contributed by atoms with Crippen LogP contribution >= 0.6 is 15.9 Å². The first-order valence-electron chi connectivity index (χ1n) is 6.74. The van der Waals surface area contributed by atoms with Crippen LogP contribution in [0.3, 0.4) is 0 Å². The van der Waals surface area contributed by atoms with Gasteiger partial charge in [0, 0.05) is 21.4 Å². The number of anilines is 1. The topological polar surface area (TPSA) is 34.0 Å². The first-order chi connectivity index (χ1) is 10.1. The van der Waals surface area contributed by atoms with Crippen LogP contribution < -0.4 is 5.32 Å². The standard InChI is InChI=1S/C17H15BrN2O/c1-12-10-13-4-2-3-5-16(13)20(12)11-17(21)19-15-8-6-14(18)7-9-15/h2-10H,11H2,1H3,(H,19,21). The van der Waals surface area contributed by atoms with Crippen molar-refractivity contribution in [1.29, 1.82) is 0 Å². The first-order valence-corrected chi connectivity index (χ1v) is 7.53. The second-order valence-corrected chi connectivity index (χ2v) is 5.90. The minimum Gasteiger partial charge on any atom is -0.335 e. The number of carbonyl (C=O) groups excluding carboxylic acids is 1. The molecule has 0 fully saturated rings. The summed E-state index contributed by atoms with van der Waals surface area (Å²) >= 11 is 3.38. The average molecular weight is 343 g/mol. The summed E-state index contributed by atoms with van der Waals surface area (Å²) in [7, 11) is 0. The fraction of sp³-hybridized carbons (Fsp3) is 0.118. The highest BCUT2D eigenvalue weighted by Gasteiger charge is 2.09. The van der Waals surface area contributed by atoms with Crippen molar-refractivity contribution in [3.63, 3.8) is 0 Å². The molecular formula is C17H15BrN2O. The lowest BCUT2D eigenvalue weighted by molar-refractivity contribution is -0.116. The Hall–Kier alpha value is -2.07. The molecule has 4 heteroatoms. The first kappa shape index (κ1) is 13.9. The fourth-order valence-corrected chi connectivity index (χ4v) is 2.70. The number of carbonyl (C=O) groups is 1. The van der Waals surface area contributed by atoms with Crippen LogP contribution in [0.15, 0.2) is 59.1 Å². The number of nitrogens with one attached hydrogen (secondary N) is 1. The third-order valence-corrected chi connectivity index (χ3v) is 3.98. The van der Waals surface area contributed by atoms with Crippen LogP contribution in [0.25, 0.3) is 10.9 Å². The quantitative estimate of drug-likeness (QED) is 0.754. The number of hydrogen-bond acceptors (Lipinski definition) is 1. The molecule has 0 saturated heterocycles. The molecule has 2 aromatic carbocycles. The van der Waals surface area contributed by atoms with Gasteiger partial charge in [0.05, 0.1) is 0 Å². The van der Waals surface area contributed by atoms with E-state index in [1.807, 2.05) is 54.0 Å². The van der Waals surface area contributed by atoms with Gasteiger partial charge in [-0.25, -0.2) is 0 Å². The number of halogens is 1. The number of amides is 1. The molecule has 3 nitrogen and oxygen atoms in total. The third-order valence-electron chi connectivity index (χ3n) is 3.45. The molecule has 0 aliphatic heterocycles. The minimum absolute atomic E-state index is 0.0261. The van der Waals surface area contributed by atoms with E-state index in [9.17, 15) is 4.79 Å². The van der Waals surface area contributed by atoms with Gasteiger partial charge in [-0.15, -0.1) is 0 Å². The Morgan fingerprint density at radius 3 is 2.62 bits per heavy atom. The molecule has 0 saturated carbocycles. The van der Waals surface area contributed by atoms with Crippen molar-refractivity contribution >= 4 is 38.4 Å². The van der Waals surface area contributed by atoms with E-state index in [1.165, 1.54) is 0 Å². The molecule has 1 amide bonds. The number of aryl methyl sites for hydroxylation is 1. The van der Waals surface area contributed by atoms with E-state index < -0.39 is 0 Å². The third kappa shape index (κ3) is 3.00. The van der Waals surface area contributed by atoms with Crippen LogP contribution in [0.1, 0.15) is 5.69 Å². The van der Waals surface area contributed by atoms with Crippen molar-refractivity contribution < 1.29 is 4.79 Å². The molecule has 0 unspecified atom stereocenters. The lowest BCUT2D eigenvalue weighted by Crippen LogP contribution is -2.19. The predicted molar refractivity (Wildman–Crippen MR) is 89.4 cm³/mol. The molecule has 106 valence electrons. The maximum Gasteiger partial charge on any atom is 0.244 e. The molecule has 1 heterocycles. The van der Waals surface area contributed by atoms with Gasteiger partial charge in [0.1, 0.15) is 6.54 Å². The van der Waals surface area contributed by atoms with Crippen molar-refractivity contribution in [2.45, 2.75) is 13.5 Å². The van der Waals surface area contributed by atoms with Crippen LogP contribution in [-0.4, -0.2) is 10.5 Å². The zero-order chi connectivity index (χ0) is 14.8. The minimum atomic E-state index is -0.0261. The van der Waals surface area contributed by atoms with Crippen molar-refractivity contribution in [3.05, 3.63) is 64.8 Å². The number of para-hydroxylation sites is 1. The highest BCUT2D eigenvalue weighted by molar-refractivity contribution is 9.10. The van der Waals surface area contributed by atoms with E-state index in [2.05, 4.69) is 33.4 Å². The molecule has 0 spiro atoms. The van der Waals surface area contributed by atoms with E-state index >= 15 is 0 Å². The van der Waals surface area contributed by atoms with Gasteiger partial charge >= 0.3 is 0 Å². The Labute approximate surface area is 131 Å². The van der Waals surface area contributed by atoms with Gasteiger partial charge in [0.25, 0.3) is 0 Å². The maximum atomic E-state index is 12.2. The lowest BCUT2D eigenvalue weighted by Gasteiger charge is -2.09. The summed E-state index contributed by atoms with van der Waals surface area (Å²) in [5, 5.41) is 4.08. The molecule has 3 rings (SSSR count). The molecular weight excluding hydrogens is 328 g/mol. The number of nitrogens with zero attached hydrogens (tertiary/aromatic N) is 1. The van der Waals surface area contributed by atoms with Gasteiger partial charge in [-0.05, 0) is 48.7 Å². The van der Waals surface area contributed by atoms with Crippen molar-refractivity contribution in [2.75, 3.05) is 5.32 Å². The summed E-state index contributed by atoms with van der Waals surface area (Å²) in [5.74, 6) is -0.0261. The second-order valence-electron chi connectivity index (χ2n) is 4.99. The Balaban J connectivity index is 1.80. The highest BCUT2D eigenvalue weighted by atomic mass is 79.9. The van der Waals surface area contributed by atoms with Crippen LogP contribution in [0.2, 0.25) is 0 Å². The van der Waals surface area contributed by atoms with Crippen molar-refractivity contribution in [3.8, 4) is 0 Å². The van der Waals surface area contributed by atoms with Crippen molar-refractivity contribution in [2.24, 2.45) is 0 Å². The molecule has 1 N–H and O–H groups in total. The van der Waals surface area contributed by atoms with Gasteiger partial charge in [-0.1, -0.05) is 34.1 Å². The Kier molecular flexibility index (Phi) is 3.80. The SMILES string of the molecule is Cc1cc2ccccc2n1CC(=O)Nc1ccc(Br)cc1. The second kappa shape index (κ2) is 5.74. The number of benzene rings is 2. The Bertz CT molecular complexity index is 790. The lowest BCUT2D eigenvalue weighted by atomic mass is 10.2. The van der Waals surface area contributed by atoms with Gasteiger partial charge < -0.3 is 9.88 Å². The maximum absolute atomic E-state index is 12.2. The largest absolute Gasteiger partial charge is 0.335 e. The van der Waals surface area contributed by atoms with E-state index in [0.29, 0.717) is 6.54 Å². The van der Waals surface area contributed by atoms with Crippen LogP contribution in [0.4, 0.5) is 5.69 Å². The molecule has 0 aliphatic carbocycles. The fourth-order valence-electron chi connectivity index (χ4n) is 2.44. The van der Waals surface area contributed by atoms with E-state index in [4.69, 9.17) is 0 Å². The van der Waals surface area contributed by atoms with Crippen LogP contribution in [0.5, 0.6) is 0 Å². The molecule has 0 atom stereocenters. The normalized spacial score (nSPS) is 10.8. The van der Waals surface area contributed by atoms with Gasteiger partial charge in [-0.3, -0.25) is 4.79 Å². The molecule has 21 heavy (non-hydrogen) atoms. The average Bonchev–Trinajstić information content (AvgIpc) is 2.78. The molecule has 3 aromatic rings. The zero-order valence-electron chi connectivity index (χ0n) is 11.6. The summed E-state index contributed by atoms with van der Waals surface area (Å²) < 4.78 is 3.02. The van der Waals surface area contributed by atoms with Gasteiger partial charge in [0.2, 0.25) is 5.91 Å². The molecule has 0 bridgehead atoms. The van der Waals surface area contributed by atoms with E-state index in [1.54, 1.807) is 0 Å². The van der Waals surface area contributed by atoms with Crippen molar-refractivity contribution in [1.82, 2.24) is 4.57 Å². The van der Waals surface area contributed by atoms with Gasteiger partial charge in [-0.2, -0.15) is 0 Å². The predicted octanol–water partition coefficient (Wildman–Crippen LogP) is 4.35. The molecule has 1 aromatic heterocycles. The Morgan fingerprint density at radius 2 is 1.86 bits per heavy atom. The highest BCUT2D eigenvalue weighted by Crippen LogP contribution is 2.19. The molecule has 0 aliphatic rings. The monoisotopic (exact) mass is 342 g/mol. The Morgan fingerprint density at radius 1 is 1.14 bits per heavy atom. The summed E-state index contributed by atoms with van der Waals surface area (Å²) in [6.07, 6.45) is 0. The smallest absolute Gasteiger partial charge is 0.244 e. The summed E-state index contributed by atoms with van der Waals surface area (Å²) in [6.45, 7) is 2.34. The van der Waals surface area contributed by atoms with E-state index in [-0.39, 0.29) is 5.91 Å². The van der Waals surface area contributed by atoms with Gasteiger partial charge in [0.15, 0.2) is 0 Å². The summed E-state index contributed by atoms with van der Waals surface area (Å²) in [6, 6.07) is 17.8. The summed E-state index contributed by atoms with van der Waals surface area (Å²) in [4.78, 5) is 12.2. The zero-order valence-corrected chi connectivity index (χ0v) is 13.2. The number of rotatable bonds is 3. The van der Waals surface area contributed by atoms with Crippen LogP contribution in [0, 0.1) is 6.92 Å². The molecule has 0 radical (unpaired) electrons. The number of fused-ring (bicyclic) bond motifs is 1. The van der Waals surface area contributed by atoms with Crippen LogP contribution in [-0.2, 0) is 11.3 Å². The number of aromatic nitrogens is 1.